The zero-order chi connectivity index (χ0) is 21.0. The number of ether oxygens (including phenoxy) is 1. The first-order chi connectivity index (χ1) is 15.2. The number of anilines is 1. The van der Waals surface area contributed by atoms with E-state index in [0.29, 0.717) is 24.5 Å². The molecule has 7 heteroatoms. The van der Waals surface area contributed by atoms with Crippen LogP contribution in [0.5, 0.6) is 5.75 Å². The van der Waals surface area contributed by atoms with Crippen LogP contribution < -0.4 is 10.1 Å². The molecule has 154 valence electrons. The van der Waals surface area contributed by atoms with Crippen molar-refractivity contribution in [3.63, 3.8) is 0 Å². The zero-order valence-corrected chi connectivity index (χ0v) is 16.6. The number of pyridine rings is 1. The van der Waals surface area contributed by atoms with E-state index in [1.807, 2.05) is 83.5 Å². The summed E-state index contributed by atoms with van der Waals surface area (Å²) in [6.45, 7) is 0.332. The summed E-state index contributed by atoms with van der Waals surface area (Å²) < 4.78 is 7.81. The normalized spacial score (nSPS) is 15.4. The molecule has 0 saturated heterocycles. The van der Waals surface area contributed by atoms with Gasteiger partial charge >= 0.3 is 0 Å². The Balaban J connectivity index is 1.19. The van der Waals surface area contributed by atoms with Gasteiger partial charge in [0.2, 0.25) is 6.10 Å². The van der Waals surface area contributed by atoms with Gasteiger partial charge < -0.3 is 19.3 Å². The lowest BCUT2D eigenvalue weighted by Crippen LogP contribution is -2.28. The fourth-order valence-corrected chi connectivity index (χ4v) is 3.42. The molecule has 1 unspecified atom stereocenters. The van der Waals surface area contributed by atoms with Crippen molar-refractivity contribution < 1.29 is 14.4 Å². The number of hydrogen-bond acceptors (Lipinski definition) is 5. The van der Waals surface area contributed by atoms with Gasteiger partial charge in [0.25, 0.3) is 5.91 Å². The number of imidazole rings is 1. The highest BCUT2D eigenvalue weighted by atomic mass is 16.6. The summed E-state index contributed by atoms with van der Waals surface area (Å²) in [6, 6.07) is 22.8. The number of rotatable bonds is 6. The fourth-order valence-electron chi connectivity index (χ4n) is 3.42. The van der Waals surface area contributed by atoms with Crippen molar-refractivity contribution in [3.05, 3.63) is 96.4 Å². The Morgan fingerprint density at radius 2 is 1.97 bits per heavy atom. The van der Waals surface area contributed by atoms with E-state index in [-0.39, 0.29) is 5.91 Å². The van der Waals surface area contributed by atoms with Gasteiger partial charge in [-0.3, -0.25) is 4.79 Å². The number of carbonyl (C=O) groups is 1. The summed E-state index contributed by atoms with van der Waals surface area (Å²) >= 11 is 0. The van der Waals surface area contributed by atoms with E-state index in [2.05, 4.69) is 15.5 Å². The first-order valence-electron chi connectivity index (χ1n) is 9.99. The van der Waals surface area contributed by atoms with Crippen LogP contribution in [0, 0.1) is 0 Å². The molecule has 3 heterocycles. The molecule has 0 radical (unpaired) electrons. The molecule has 1 atom stereocenters. The molecule has 0 saturated carbocycles. The number of carbonyl (C=O) groups excluding carboxylic acids is 1. The number of amides is 1. The molecule has 2 aromatic heterocycles. The van der Waals surface area contributed by atoms with Crippen LogP contribution in [0.3, 0.4) is 0 Å². The van der Waals surface area contributed by atoms with Gasteiger partial charge in [-0.15, -0.1) is 0 Å². The number of aromatic nitrogens is 2. The smallest absolute Gasteiger partial charge is 0.268 e. The number of hydrogen-bond donors (Lipinski definition) is 1. The third-order valence-electron chi connectivity index (χ3n) is 4.97. The van der Waals surface area contributed by atoms with Crippen molar-refractivity contribution in [2.24, 2.45) is 5.16 Å². The van der Waals surface area contributed by atoms with Crippen LogP contribution in [0.25, 0.3) is 5.65 Å². The average molecular weight is 412 g/mol. The second kappa shape index (κ2) is 8.31. The molecule has 0 aliphatic carbocycles. The topological polar surface area (TPSA) is 77.2 Å². The Morgan fingerprint density at radius 3 is 2.84 bits per heavy atom. The van der Waals surface area contributed by atoms with Crippen LogP contribution in [-0.4, -0.2) is 27.1 Å². The van der Waals surface area contributed by atoms with Crippen molar-refractivity contribution in [2.45, 2.75) is 19.1 Å². The maximum atomic E-state index is 12.6. The number of nitrogens with one attached hydrogen (secondary N) is 1. The van der Waals surface area contributed by atoms with E-state index >= 15 is 0 Å². The van der Waals surface area contributed by atoms with Crippen LogP contribution in [-0.2, 0) is 16.2 Å². The summed E-state index contributed by atoms with van der Waals surface area (Å²) in [5, 5.41) is 6.95. The standard InChI is InChI=1S/C24H20N4O3/c29-24(22-14-21(27-31-22)17-7-2-1-3-8-17)26-18-9-6-10-20(13-18)30-16-19-15-28-12-5-4-11-23(28)25-19/h1-13,15,22H,14,16H2,(H,26,29). The molecular weight excluding hydrogens is 392 g/mol. The predicted octanol–water partition coefficient (Wildman–Crippen LogP) is 4.05. The molecule has 1 aliphatic rings. The maximum Gasteiger partial charge on any atom is 0.268 e. The molecule has 1 amide bonds. The Kier molecular flexibility index (Phi) is 5.06. The third kappa shape index (κ3) is 4.25. The van der Waals surface area contributed by atoms with E-state index in [9.17, 15) is 4.79 Å². The molecule has 1 aliphatic heterocycles. The molecule has 0 fully saturated rings. The highest BCUT2D eigenvalue weighted by molar-refractivity contribution is 6.06. The summed E-state index contributed by atoms with van der Waals surface area (Å²) in [5.41, 5.74) is 4.06. The largest absolute Gasteiger partial charge is 0.487 e. The van der Waals surface area contributed by atoms with E-state index in [0.717, 1.165) is 22.6 Å². The van der Waals surface area contributed by atoms with Gasteiger partial charge in [-0.25, -0.2) is 4.98 Å². The maximum absolute atomic E-state index is 12.6. The Hall–Kier alpha value is -4.13. The van der Waals surface area contributed by atoms with Gasteiger partial charge in [0.15, 0.2) is 0 Å². The highest BCUT2D eigenvalue weighted by Crippen LogP contribution is 2.21. The van der Waals surface area contributed by atoms with Crippen molar-refractivity contribution in [2.75, 3.05) is 5.32 Å². The molecule has 1 N–H and O–H groups in total. The second-order valence-electron chi connectivity index (χ2n) is 7.21. The van der Waals surface area contributed by atoms with Gasteiger partial charge in [-0.05, 0) is 29.8 Å². The summed E-state index contributed by atoms with van der Waals surface area (Å²) in [7, 11) is 0. The van der Waals surface area contributed by atoms with E-state index in [1.54, 1.807) is 6.07 Å². The fraction of sp³-hybridized carbons (Fsp3) is 0.125. The van der Waals surface area contributed by atoms with Crippen LogP contribution in [0.15, 0.2) is 90.3 Å². The van der Waals surface area contributed by atoms with Crippen molar-refractivity contribution >= 4 is 23.0 Å². The number of nitrogens with zero attached hydrogens (tertiary/aromatic N) is 3. The lowest BCUT2D eigenvalue weighted by atomic mass is 10.0. The molecular formula is C24H20N4O3. The van der Waals surface area contributed by atoms with Crippen molar-refractivity contribution in [1.29, 1.82) is 0 Å². The Morgan fingerprint density at radius 1 is 1.10 bits per heavy atom. The van der Waals surface area contributed by atoms with Crippen molar-refractivity contribution in [1.82, 2.24) is 9.38 Å². The van der Waals surface area contributed by atoms with E-state index in [4.69, 9.17) is 9.57 Å². The summed E-state index contributed by atoms with van der Waals surface area (Å²) in [5.74, 6) is 0.399. The van der Waals surface area contributed by atoms with Crippen LogP contribution in [0.2, 0.25) is 0 Å². The zero-order valence-electron chi connectivity index (χ0n) is 16.6. The van der Waals surface area contributed by atoms with Gasteiger partial charge in [0.1, 0.15) is 18.0 Å². The van der Waals surface area contributed by atoms with Crippen molar-refractivity contribution in [3.8, 4) is 5.75 Å². The van der Waals surface area contributed by atoms with E-state index in [1.165, 1.54) is 0 Å². The van der Waals surface area contributed by atoms with Gasteiger partial charge in [-0.1, -0.05) is 47.6 Å². The second-order valence-corrected chi connectivity index (χ2v) is 7.21. The lowest BCUT2D eigenvalue weighted by molar-refractivity contribution is -0.125. The third-order valence-corrected chi connectivity index (χ3v) is 4.97. The van der Waals surface area contributed by atoms with Crippen LogP contribution >= 0.6 is 0 Å². The first-order valence-corrected chi connectivity index (χ1v) is 9.99. The molecule has 4 aromatic rings. The molecule has 5 rings (SSSR count). The summed E-state index contributed by atoms with van der Waals surface area (Å²) in [4.78, 5) is 22.5. The predicted molar refractivity (Wildman–Crippen MR) is 117 cm³/mol. The first kappa shape index (κ1) is 18.9. The Bertz CT molecular complexity index is 1220. The highest BCUT2D eigenvalue weighted by Gasteiger charge is 2.28. The van der Waals surface area contributed by atoms with Gasteiger partial charge in [0, 0.05) is 30.6 Å². The lowest BCUT2D eigenvalue weighted by Gasteiger charge is -2.11. The number of benzene rings is 2. The van der Waals surface area contributed by atoms with Gasteiger partial charge in [0.05, 0.1) is 11.4 Å². The molecule has 0 spiro atoms. The molecule has 7 nitrogen and oxygen atoms in total. The quantitative estimate of drug-likeness (QED) is 0.518. The average Bonchev–Trinajstić information content (AvgIpc) is 3.46. The minimum absolute atomic E-state index is 0.243. The number of fused-ring (bicyclic) bond motifs is 1. The van der Waals surface area contributed by atoms with Crippen LogP contribution in [0.4, 0.5) is 5.69 Å². The molecule has 2 aromatic carbocycles. The Labute approximate surface area is 178 Å². The minimum Gasteiger partial charge on any atom is -0.487 e. The monoisotopic (exact) mass is 412 g/mol. The number of oxime groups is 1. The SMILES string of the molecule is O=C(Nc1cccc(OCc2cn3ccccc3n2)c1)C1CC(c2ccccc2)=NO1. The van der Waals surface area contributed by atoms with E-state index < -0.39 is 6.10 Å². The summed E-state index contributed by atoms with van der Waals surface area (Å²) in [6.07, 6.45) is 3.65. The molecule has 31 heavy (non-hydrogen) atoms. The van der Waals surface area contributed by atoms with Gasteiger partial charge in [-0.2, -0.15) is 0 Å². The molecule has 0 bridgehead atoms. The minimum atomic E-state index is -0.655. The van der Waals surface area contributed by atoms with Crippen LogP contribution in [0.1, 0.15) is 17.7 Å².